The van der Waals surface area contributed by atoms with Crippen molar-refractivity contribution in [3.05, 3.63) is 28.2 Å². The van der Waals surface area contributed by atoms with Crippen molar-refractivity contribution >= 4 is 39.1 Å². The standard InChI is InChI=1S/C12H17Cl2N3O2S/c1-15(2)20(18,19)17-8-6-16(7-9-17)12-10(13)4-3-5-11(12)14/h3-5H,6-9H2,1-2H3. The molecule has 2 rings (SSSR count). The van der Waals surface area contributed by atoms with Gasteiger partial charge in [-0.2, -0.15) is 17.0 Å². The van der Waals surface area contributed by atoms with Crippen LogP contribution in [0, 0.1) is 0 Å². The van der Waals surface area contributed by atoms with Crippen molar-refractivity contribution in [2.75, 3.05) is 45.2 Å². The summed E-state index contributed by atoms with van der Waals surface area (Å²) in [5.41, 5.74) is 0.776. The minimum absolute atomic E-state index is 0.419. The van der Waals surface area contributed by atoms with Crippen LogP contribution in [-0.2, 0) is 10.2 Å². The minimum atomic E-state index is -3.35. The molecule has 0 spiro atoms. The van der Waals surface area contributed by atoms with E-state index in [1.807, 2.05) is 4.90 Å². The van der Waals surface area contributed by atoms with E-state index in [4.69, 9.17) is 23.2 Å². The first-order valence-corrected chi connectivity index (χ1v) is 8.36. The van der Waals surface area contributed by atoms with Crippen LogP contribution < -0.4 is 4.90 Å². The van der Waals surface area contributed by atoms with E-state index in [-0.39, 0.29) is 0 Å². The zero-order chi connectivity index (χ0) is 14.9. The van der Waals surface area contributed by atoms with Gasteiger partial charge in [0, 0.05) is 40.3 Å². The summed E-state index contributed by atoms with van der Waals surface area (Å²) in [6.07, 6.45) is 0. The van der Waals surface area contributed by atoms with Crippen LogP contribution in [0.25, 0.3) is 0 Å². The number of benzene rings is 1. The maximum Gasteiger partial charge on any atom is 0.281 e. The predicted molar refractivity (Wildman–Crippen MR) is 82.9 cm³/mol. The van der Waals surface area contributed by atoms with Gasteiger partial charge in [0.15, 0.2) is 0 Å². The van der Waals surface area contributed by atoms with Gasteiger partial charge in [0.2, 0.25) is 0 Å². The summed E-state index contributed by atoms with van der Waals surface area (Å²) in [5.74, 6) is 0. The average Bonchev–Trinajstić information content (AvgIpc) is 2.39. The Bertz CT molecular complexity index is 564. The van der Waals surface area contributed by atoms with Gasteiger partial charge in [0.05, 0.1) is 15.7 Å². The summed E-state index contributed by atoms with van der Waals surface area (Å²) in [6, 6.07) is 5.36. The number of halogens is 2. The summed E-state index contributed by atoms with van der Waals surface area (Å²) < 4.78 is 26.8. The van der Waals surface area contributed by atoms with Crippen LogP contribution in [0.3, 0.4) is 0 Å². The summed E-state index contributed by atoms with van der Waals surface area (Å²) in [6.45, 7) is 1.97. The molecule has 1 heterocycles. The zero-order valence-corrected chi connectivity index (χ0v) is 13.7. The van der Waals surface area contributed by atoms with Crippen LogP contribution in [0.5, 0.6) is 0 Å². The van der Waals surface area contributed by atoms with Crippen molar-refractivity contribution in [2.24, 2.45) is 0 Å². The fraction of sp³-hybridized carbons (Fsp3) is 0.500. The highest BCUT2D eigenvalue weighted by atomic mass is 35.5. The molecule has 1 fully saturated rings. The number of rotatable bonds is 3. The molecule has 0 amide bonds. The van der Waals surface area contributed by atoms with Gasteiger partial charge in [-0.15, -0.1) is 0 Å². The molecule has 1 aliphatic heterocycles. The Morgan fingerprint density at radius 3 is 2.00 bits per heavy atom. The quantitative estimate of drug-likeness (QED) is 0.846. The van der Waals surface area contributed by atoms with E-state index in [2.05, 4.69) is 0 Å². The number of piperazine rings is 1. The van der Waals surface area contributed by atoms with Gasteiger partial charge in [-0.25, -0.2) is 0 Å². The predicted octanol–water partition coefficient (Wildman–Crippen LogP) is 1.92. The lowest BCUT2D eigenvalue weighted by molar-refractivity contribution is 0.356. The van der Waals surface area contributed by atoms with Crippen molar-refractivity contribution < 1.29 is 8.42 Å². The first-order chi connectivity index (χ1) is 9.34. The van der Waals surface area contributed by atoms with Crippen LogP contribution in [-0.4, -0.2) is 57.3 Å². The molecule has 0 aliphatic carbocycles. The molecule has 1 aliphatic rings. The largest absolute Gasteiger partial charge is 0.366 e. The van der Waals surface area contributed by atoms with Crippen molar-refractivity contribution in [3.63, 3.8) is 0 Å². The second-order valence-corrected chi connectivity index (χ2v) is 7.70. The zero-order valence-electron chi connectivity index (χ0n) is 11.4. The molecule has 0 bridgehead atoms. The van der Waals surface area contributed by atoms with E-state index in [0.29, 0.717) is 36.2 Å². The van der Waals surface area contributed by atoms with Gasteiger partial charge >= 0.3 is 0 Å². The average molecular weight is 338 g/mol. The summed E-state index contributed by atoms with van der Waals surface area (Å²) >= 11 is 12.3. The van der Waals surface area contributed by atoms with Crippen LogP contribution >= 0.6 is 23.2 Å². The minimum Gasteiger partial charge on any atom is -0.366 e. The maximum atomic E-state index is 12.0. The van der Waals surface area contributed by atoms with Crippen molar-refractivity contribution in [3.8, 4) is 0 Å². The first-order valence-electron chi connectivity index (χ1n) is 6.20. The van der Waals surface area contributed by atoms with E-state index >= 15 is 0 Å². The van der Waals surface area contributed by atoms with Crippen molar-refractivity contribution in [1.29, 1.82) is 0 Å². The summed E-state index contributed by atoms with van der Waals surface area (Å²) in [4.78, 5) is 2.02. The Morgan fingerprint density at radius 2 is 1.55 bits per heavy atom. The molecular weight excluding hydrogens is 321 g/mol. The van der Waals surface area contributed by atoms with Gasteiger partial charge in [-0.1, -0.05) is 29.3 Å². The molecule has 8 heteroatoms. The number of nitrogens with zero attached hydrogens (tertiary/aromatic N) is 3. The van der Waals surface area contributed by atoms with Crippen LogP contribution in [0.4, 0.5) is 5.69 Å². The van der Waals surface area contributed by atoms with E-state index < -0.39 is 10.2 Å². The van der Waals surface area contributed by atoms with E-state index in [1.54, 1.807) is 18.2 Å². The van der Waals surface area contributed by atoms with E-state index in [9.17, 15) is 8.42 Å². The fourth-order valence-corrected chi connectivity index (χ4v) is 3.89. The molecule has 0 N–H and O–H groups in total. The Balaban J connectivity index is 2.13. The number of para-hydroxylation sites is 1. The summed E-state index contributed by atoms with van der Waals surface area (Å²) in [5, 5.41) is 1.17. The highest BCUT2D eigenvalue weighted by Crippen LogP contribution is 2.34. The number of hydrogen-bond donors (Lipinski definition) is 0. The topological polar surface area (TPSA) is 43.9 Å². The maximum absolute atomic E-state index is 12.0. The van der Waals surface area contributed by atoms with E-state index in [1.165, 1.54) is 22.7 Å². The third-order valence-electron chi connectivity index (χ3n) is 3.28. The molecule has 5 nitrogen and oxygen atoms in total. The van der Waals surface area contributed by atoms with Crippen LogP contribution in [0.1, 0.15) is 0 Å². The number of hydrogen-bond acceptors (Lipinski definition) is 3. The SMILES string of the molecule is CN(C)S(=O)(=O)N1CCN(c2c(Cl)cccc2Cl)CC1. The molecule has 1 aromatic rings. The third kappa shape index (κ3) is 3.04. The fourth-order valence-electron chi connectivity index (χ4n) is 2.16. The van der Waals surface area contributed by atoms with Crippen molar-refractivity contribution in [1.82, 2.24) is 8.61 Å². The molecule has 0 unspecified atom stereocenters. The molecule has 1 saturated heterocycles. The molecule has 1 aromatic carbocycles. The molecule has 20 heavy (non-hydrogen) atoms. The first kappa shape index (κ1) is 15.9. The lowest BCUT2D eigenvalue weighted by atomic mass is 10.2. The van der Waals surface area contributed by atoms with Gasteiger partial charge in [-0.3, -0.25) is 0 Å². The van der Waals surface area contributed by atoms with Gasteiger partial charge in [0.1, 0.15) is 0 Å². The highest BCUT2D eigenvalue weighted by Gasteiger charge is 2.29. The second-order valence-electron chi connectivity index (χ2n) is 4.75. The molecule has 0 radical (unpaired) electrons. The smallest absolute Gasteiger partial charge is 0.281 e. The molecular formula is C12H17Cl2N3O2S. The molecule has 0 saturated carbocycles. The Hall–Kier alpha value is -0.530. The lowest BCUT2D eigenvalue weighted by Crippen LogP contribution is -2.51. The number of anilines is 1. The van der Waals surface area contributed by atoms with Crippen LogP contribution in [0.15, 0.2) is 18.2 Å². The molecule has 0 aromatic heterocycles. The van der Waals surface area contributed by atoms with E-state index in [0.717, 1.165) is 5.69 Å². The van der Waals surface area contributed by atoms with Crippen LogP contribution in [0.2, 0.25) is 10.0 Å². The second kappa shape index (κ2) is 6.07. The Labute approximate surface area is 129 Å². The highest BCUT2D eigenvalue weighted by molar-refractivity contribution is 7.86. The Kier molecular flexibility index (Phi) is 4.81. The normalized spacial score (nSPS) is 17.8. The Morgan fingerprint density at radius 1 is 1.05 bits per heavy atom. The lowest BCUT2D eigenvalue weighted by Gasteiger charge is -2.37. The van der Waals surface area contributed by atoms with Crippen molar-refractivity contribution in [2.45, 2.75) is 0 Å². The molecule has 0 atom stereocenters. The summed E-state index contributed by atoms with van der Waals surface area (Å²) in [7, 11) is -0.283. The van der Waals surface area contributed by atoms with Gasteiger partial charge < -0.3 is 4.90 Å². The molecule has 112 valence electrons. The monoisotopic (exact) mass is 337 g/mol. The third-order valence-corrected chi connectivity index (χ3v) is 5.83. The van der Waals surface area contributed by atoms with Gasteiger partial charge in [0.25, 0.3) is 10.2 Å². The van der Waals surface area contributed by atoms with Gasteiger partial charge in [-0.05, 0) is 12.1 Å².